The number of hydrogen-bond acceptors (Lipinski definition) is 10. The number of rotatable bonds is 13. The van der Waals surface area contributed by atoms with Crippen molar-refractivity contribution in [3.8, 4) is 16.5 Å². The second-order valence-corrected chi connectivity index (χ2v) is 15.3. The number of esters is 1. The van der Waals surface area contributed by atoms with Crippen molar-refractivity contribution in [1.29, 1.82) is 0 Å². The second-order valence-electron chi connectivity index (χ2n) is 14.4. The van der Waals surface area contributed by atoms with Crippen molar-refractivity contribution < 1.29 is 33.4 Å². The molecule has 14 heteroatoms. The molecule has 1 saturated carbocycles. The summed E-state index contributed by atoms with van der Waals surface area (Å²) in [6.45, 7) is 15.0. The molecule has 1 aromatic carbocycles. The molecule has 0 spiro atoms. The van der Waals surface area contributed by atoms with Crippen LogP contribution in [0.2, 0.25) is 0 Å². The molecule has 2 N–H and O–H groups in total. The highest BCUT2D eigenvalue weighted by molar-refractivity contribution is 7.13. The first-order valence-electron chi connectivity index (χ1n) is 18.1. The summed E-state index contributed by atoms with van der Waals surface area (Å²) >= 11 is 1.49. The van der Waals surface area contributed by atoms with Gasteiger partial charge < -0.3 is 24.4 Å². The van der Waals surface area contributed by atoms with E-state index in [0.29, 0.717) is 36.0 Å². The van der Waals surface area contributed by atoms with Gasteiger partial charge in [0.25, 0.3) is 0 Å². The number of likely N-dealkylation sites (tertiary alicyclic amines) is 1. The third-order valence-electron chi connectivity index (χ3n) is 9.01. The van der Waals surface area contributed by atoms with E-state index in [0.717, 1.165) is 29.7 Å². The Kier molecular flexibility index (Phi) is 12.8. The lowest BCUT2D eigenvalue weighted by atomic mass is 9.96. The Morgan fingerprint density at radius 3 is 2.49 bits per heavy atom. The predicted octanol–water partition coefficient (Wildman–Crippen LogP) is 6.95. The zero-order valence-corrected chi connectivity index (χ0v) is 31.8. The van der Waals surface area contributed by atoms with Crippen molar-refractivity contribution in [2.24, 2.45) is 0 Å². The lowest BCUT2D eigenvalue weighted by Gasteiger charge is -2.34. The van der Waals surface area contributed by atoms with E-state index in [4.69, 9.17) is 24.2 Å². The maximum Gasteiger partial charge on any atom is 0.426 e. The molecule has 53 heavy (non-hydrogen) atoms. The molecule has 3 atom stereocenters. The van der Waals surface area contributed by atoms with Crippen LogP contribution in [-0.4, -0.2) is 86.9 Å². The van der Waals surface area contributed by atoms with E-state index in [-0.39, 0.29) is 38.4 Å². The smallest absolute Gasteiger partial charge is 0.426 e. The number of nitrogens with one attached hydrogen (secondary N) is 2. The van der Waals surface area contributed by atoms with Crippen LogP contribution in [0.25, 0.3) is 21.6 Å². The number of aromatic nitrogens is 2. The summed E-state index contributed by atoms with van der Waals surface area (Å²) in [5.41, 5.74) is 3.18. The van der Waals surface area contributed by atoms with E-state index in [1.54, 1.807) is 27.7 Å². The highest BCUT2D eigenvalue weighted by atomic mass is 32.1. The van der Waals surface area contributed by atoms with Gasteiger partial charge in [-0.2, -0.15) is 0 Å². The predicted molar refractivity (Wildman–Crippen MR) is 203 cm³/mol. The van der Waals surface area contributed by atoms with Gasteiger partial charge in [0, 0.05) is 19.4 Å². The average molecular weight is 747 g/mol. The van der Waals surface area contributed by atoms with Crippen LogP contribution in [0.1, 0.15) is 79.1 Å². The van der Waals surface area contributed by atoms with Gasteiger partial charge in [-0.15, -0.1) is 17.9 Å². The van der Waals surface area contributed by atoms with Crippen LogP contribution in [0.3, 0.4) is 0 Å². The van der Waals surface area contributed by atoms with Crippen molar-refractivity contribution in [3.05, 3.63) is 66.6 Å². The number of allylic oxidation sites excluding steroid dienone is 1. The Hall–Kier alpha value is -4.98. The number of fused-ring (bicyclic) bond motifs is 1. The van der Waals surface area contributed by atoms with Gasteiger partial charge in [0.1, 0.15) is 29.0 Å². The summed E-state index contributed by atoms with van der Waals surface area (Å²) in [6, 6.07) is 9.62. The number of urea groups is 1. The number of carbonyl (C=O) groups excluding carboxylic acids is 4. The monoisotopic (exact) mass is 746 g/mol. The largest absolute Gasteiger partial charge is 0.471 e. The maximum absolute atomic E-state index is 14.5. The number of amides is 4. The highest BCUT2D eigenvalue weighted by Crippen LogP contribution is 2.37. The first kappa shape index (κ1) is 39.2. The zero-order chi connectivity index (χ0) is 38.2. The van der Waals surface area contributed by atoms with E-state index in [9.17, 15) is 19.2 Å². The molecule has 3 aromatic rings. The quantitative estimate of drug-likeness (QED) is 0.0820. The summed E-state index contributed by atoms with van der Waals surface area (Å²) in [5.74, 6) is -0.820. The Morgan fingerprint density at radius 1 is 1.09 bits per heavy atom. The van der Waals surface area contributed by atoms with Gasteiger partial charge in [0.15, 0.2) is 0 Å². The molecular weight excluding hydrogens is 697 g/mol. The summed E-state index contributed by atoms with van der Waals surface area (Å²) < 4.78 is 17.5. The topological polar surface area (TPSA) is 152 Å². The van der Waals surface area contributed by atoms with Gasteiger partial charge in [-0.3, -0.25) is 4.79 Å². The molecule has 0 unspecified atom stereocenters. The van der Waals surface area contributed by atoms with Crippen LogP contribution in [0.15, 0.2) is 66.6 Å². The van der Waals surface area contributed by atoms with Crippen LogP contribution < -0.4 is 15.5 Å². The third-order valence-corrected chi connectivity index (χ3v) is 9.89. The summed E-state index contributed by atoms with van der Waals surface area (Å²) in [6.07, 6.45) is 4.55. The number of unbranched alkanes of at least 4 members (excludes halogenated alkanes) is 3. The van der Waals surface area contributed by atoms with Gasteiger partial charge in [0.05, 0.1) is 29.1 Å². The molecule has 5 rings (SSSR count). The van der Waals surface area contributed by atoms with E-state index < -0.39 is 47.3 Å². The minimum Gasteiger partial charge on any atom is -0.471 e. The molecule has 1 saturated heterocycles. The molecule has 2 aromatic heterocycles. The molecule has 13 nitrogen and oxygen atoms in total. The summed E-state index contributed by atoms with van der Waals surface area (Å²) in [4.78, 5) is 67.1. The van der Waals surface area contributed by atoms with Crippen LogP contribution >= 0.6 is 11.3 Å². The van der Waals surface area contributed by atoms with E-state index in [1.165, 1.54) is 21.2 Å². The Morgan fingerprint density at radius 2 is 1.85 bits per heavy atom. The first-order chi connectivity index (χ1) is 25.3. The number of carbonyl (C=O) groups is 4. The van der Waals surface area contributed by atoms with Crippen molar-refractivity contribution in [2.45, 2.75) is 102 Å². The van der Waals surface area contributed by atoms with Crippen LogP contribution in [0.5, 0.6) is 5.88 Å². The number of hydrazine groups is 1. The molecule has 0 radical (unpaired) electrons. The normalized spacial score (nSPS) is 19.8. The van der Waals surface area contributed by atoms with Gasteiger partial charge >= 0.3 is 18.1 Å². The fraction of sp³-hybridized carbons (Fsp3) is 0.487. The zero-order valence-electron chi connectivity index (χ0n) is 31.0. The number of thiophene rings is 1. The number of hydrogen-bond donors (Lipinski definition) is 2. The minimum atomic E-state index is -1.31. The minimum absolute atomic E-state index is 0.0165. The molecule has 284 valence electrons. The maximum atomic E-state index is 14.5. The van der Waals surface area contributed by atoms with E-state index in [2.05, 4.69) is 23.9 Å². The van der Waals surface area contributed by atoms with Crippen LogP contribution in [-0.2, 0) is 19.1 Å². The van der Waals surface area contributed by atoms with Crippen LogP contribution in [0.4, 0.5) is 9.59 Å². The lowest BCUT2D eigenvalue weighted by Crippen LogP contribution is -2.60. The van der Waals surface area contributed by atoms with Gasteiger partial charge in [-0.1, -0.05) is 42.8 Å². The SMILES string of the molecule is C=CCCCCCN(NC(=O)OC(C)(C)C)C(=O)N1C[C@H](Oc2nc3ccccc3nc2-c2cccs2)C[C@H]1C(=O)N[C@]1(C(=O)OCC)CCC(=C)C1. The Labute approximate surface area is 314 Å². The number of nitrogens with zero attached hydrogens (tertiary/aromatic N) is 4. The van der Waals surface area contributed by atoms with Crippen molar-refractivity contribution in [2.75, 3.05) is 19.7 Å². The molecule has 1 aliphatic carbocycles. The first-order valence-corrected chi connectivity index (χ1v) is 19.0. The van der Waals surface area contributed by atoms with Crippen molar-refractivity contribution >= 4 is 46.4 Å². The fourth-order valence-corrected chi connectivity index (χ4v) is 7.26. The summed E-state index contributed by atoms with van der Waals surface area (Å²) in [7, 11) is 0. The van der Waals surface area contributed by atoms with E-state index in [1.807, 2.05) is 47.9 Å². The average Bonchev–Trinajstić information content (AvgIpc) is 3.88. The van der Waals surface area contributed by atoms with E-state index >= 15 is 0 Å². The second kappa shape index (κ2) is 17.2. The van der Waals surface area contributed by atoms with Crippen molar-refractivity contribution in [1.82, 2.24) is 30.6 Å². The Balaban J connectivity index is 1.47. The standard InChI is InChI=1S/C39H50N6O7S/c1-7-9-10-11-14-21-45(43-36(48)52-38(4,5)6)37(49)44-25-27(23-30(44)33(46)42-39(35(47)50-8-2)20-19-26(3)24-39)51-34-32(31-18-15-22-53-31)40-28-16-12-13-17-29(28)41-34/h7,12-13,15-18,22,27,30H,1,3,8-11,14,19-21,23-25H2,2,4-6H3,(H,42,46)(H,43,48)/t27-,30+,39-/m1/s1. The molecule has 2 fully saturated rings. The fourth-order valence-electron chi connectivity index (χ4n) is 6.56. The highest BCUT2D eigenvalue weighted by Gasteiger charge is 2.50. The number of para-hydroxylation sites is 2. The molecule has 2 aliphatic rings. The molecule has 1 aliphatic heterocycles. The van der Waals surface area contributed by atoms with Crippen molar-refractivity contribution in [3.63, 3.8) is 0 Å². The van der Waals surface area contributed by atoms with Gasteiger partial charge in [-0.25, -0.2) is 34.8 Å². The van der Waals surface area contributed by atoms with Crippen LogP contribution in [0, 0.1) is 0 Å². The third kappa shape index (κ3) is 9.92. The molecular formula is C39H50N6O7S. The lowest BCUT2D eigenvalue weighted by molar-refractivity contribution is -0.153. The Bertz CT molecular complexity index is 1810. The molecule has 4 amide bonds. The number of ether oxygens (including phenoxy) is 3. The van der Waals surface area contributed by atoms with Gasteiger partial charge in [-0.05, 0) is 83.4 Å². The number of benzene rings is 1. The molecule has 0 bridgehead atoms. The summed E-state index contributed by atoms with van der Waals surface area (Å²) in [5, 5.41) is 6.09. The molecule has 3 heterocycles. The van der Waals surface area contributed by atoms with Gasteiger partial charge in [0.2, 0.25) is 11.8 Å².